The predicted octanol–water partition coefficient (Wildman–Crippen LogP) is 6.28. The zero-order valence-corrected chi connectivity index (χ0v) is 24.9. The number of ketones is 1. The second kappa shape index (κ2) is 11.6. The Morgan fingerprint density at radius 3 is 2.51 bits per heavy atom. The van der Waals surface area contributed by atoms with E-state index in [1.165, 1.54) is 11.1 Å². The lowest BCUT2D eigenvalue weighted by atomic mass is 9.96. The first-order valence-corrected chi connectivity index (χ1v) is 14.9. The van der Waals surface area contributed by atoms with Gasteiger partial charge in [0.25, 0.3) is 0 Å². The van der Waals surface area contributed by atoms with E-state index in [0.29, 0.717) is 23.9 Å². The summed E-state index contributed by atoms with van der Waals surface area (Å²) in [6.45, 7) is 9.42. The third-order valence-corrected chi connectivity index (χ3v) is 8.69. The quantitative estimate of drug-likeness (QED) is 0.207. The van der Waals surface area contributed by atoms with Crippen LogP contribution < -0.4 is 4.74 Å². The molecule has 0 radical (unpaired) electrons. The van der Waals surface area contributed by atoms with Crippen molar-refractivity contribution in [3.05, 3.63) is 93.3 Å². The number of ether oxygens (including phenoxy) is 1. The number of carbonyl (C=O) groups excluding carboxylic acids is 1. The molecule has 1 saturated heterocycles. The van der Waals surface area contributed by atoms with Crippen molar-refractivity contribution in [3.8, 4) is 23.0 Å². The number of nitrogens with zero attached hydrogens (tertiary/aromatic N) is 5. The van der Waals surface area contributed by atoms with Gasteiger partial charge in [0.2, 0.25) is 5.88 Å². The van der Waals surface area contributed by atoms with E-state index < -0.39 is 0 Å². The highest BCUT2D eigenvalue weighted by molar-refractivity contribution is 7.08. The Morgan fingerprint density at radius 1 is 0.927 bits per heavy atom. The van der Waals surface area contributed by atoms with Crippen LogP contribution in [0.1, 0.15) is 32.6 Å². The maximum absolute atomic E-state index is 13.4. The van der Waals surface area contributed by atoms with Gasteiger partial charge in [-0.15, -0.1) is 0 Å². The molecule has 0 atom stereocenters. The lowest BCUT2D eigenvalue weighted by Gasteiger charge is -2.32. The van der Waals surface area contributed by atoms with Crippen molar-refractivity contribution in [2.75, 3.05) is 33.2 Å². The molecule has 4 heterocycles. The van der Waals surface area contributed by atoms with Crippen molar-refractivity contribution in [1.29, 1.82) is 0 Å². The number of hydrogen-bond acceptors (Lipinski definition) is 7. The smallest absolute Gasteiger partial charge is 0.247 e. The number of benzene rings is 2. The maximum atomic E-state index is 13.4. The summed E-state index contributed by atoms with van der Waals surface area (Å²) in [5, 5.41) is 4.05. The standard InChI is InChI=1S/C33H35N5O2S/c1-22-5-8-28(40-33-31-29(9-11-37(31)4)34-32(35-33)26-10-16-41-21-26)18-27(22)19-30(39)24-6-7-25(23(2)17-24)20-38-14-12-36(3)13-15-38/h5-11,16-18,21H,12-15,19-20H2,1-4H3. The van der Waals surface area contributed by atoms with E-state index in [4.69, 9.17) is 14.7 Å². The third-order valence-electron chi connectivity index (χ3n) is 8.01. The Labute approximate surface area is 245 Å². The highest BCUT2D eigenvalue weighted by atomic mass is 32.1. The molecule has 1 aliphatic rings. The summed E-state index contributed by atoms with van der Waals surface area (Å²) in [5.74, 6) is 1.88. The summed E-state index contributed by atoms with van der Waals surface area (Å²) in [7, 11) is 4.13. The molecule has 3 aromatic heterocycles. The van der Waals surface area contributed by atoms with Crippen LogP contribution in [0, 0.1) is 13.8 Å². The van der Waals surface area contributed by atoms with E-state index in [9.17, 15) is 4.79 Å². The largest absolute Gasteiger partial charge is 0.437 e. The SMILES string of the molecule is Cc1ccc(Oc2nc(-c3ccsc3)nc3ccn(C)c23)cc1CC(=O)c1ccc(CN2CCN(C)CC2)c(C)c1. The van der Waals surface area contributed by atoms with E-state index in [0.717, 1.165) is 66.0 Å². The van der Waals surface area contributed by atoms with Gasteiger partial charge < -0.3 is 14.2 Å². The Kier molecular flexibility index (Phi) is 7.71. The van der Waals surface area contributed by atoms with Crippen molar-refractivity contribution < 1.29 is 9.53 Å². The number of rotatable bonds is 8. The summed E-state index contributed by atoms with van der Waals surface area (Å²) >= 11 is 1.61. The molecule has 1 fully saturated rings. The maximum Gasteiger partial charge on any atom is 0.247 e. The van der Waals surface area contributed by atoms with Crippen LogP contribution in [0.4, 0.5) is 0 Å². The number of carbonyl (C=O) groups is 1. The van der Waals surface area contributed by atoms with E-state index in [1.807, 2.05) is 78.0 Å². The molecule has 5 aromatic rings. The number of aryl methyl sites for hydroxylation is 3. The van der Waals surface area contributed by atoms with Crippen LogP contribution in [0.25, 0.3) is 22.4 Å². The topological polar surface area (TPSA) is 63.5 Å². The first-order chi connectivity index (χ1) is 19.8. The zero-order chi connectivity index (χ0) is 28.5. The van der Waals surface area contributed by atoms with Crippen molar-refractivity contribution in [3.63, 3.8) is 0 Å². The van der Waals surface area contributed by atoms with E-state index in [2.05, 4.69) is 29.8 Å². The minimum Gasteiger partial charge on any atom is -0.437 e. The Bertz CT molecular complexity index is 1700. The predicted molar refractivity (Wildman–Crippen MR) is 165 cm³/mol. The summed E-state index contributed by atoms with van der Waals surface area (Å²) in [5.41, 5.74) is 7.82. The van der Waals surface area contributed by atoms with Crippen LogP contribution in [0.5, 0.6) is 11.6 Å². The van der Waals surface area contributed by atoms with Crippen LogP contribution in [0.3, 0.4) is 0 Å². The van der Waals surface area contributed by atoms with Crippen molar-refractivity contribution >= 4 is 28.2 Å². The number of piperazine rings is 1. The Balaban J connectivity index is 1.21. The molecule has 6 rings (SSSR count). The molecule has 0 amide bonds. The first-order valence-electron chi connectivity index (χ1n) is 14.0. The van der Waals surface area contributed by atoms with E-state index in [1.54, 1.807) is 11.3 Å². The minimum absolute atomic E-state index is 0.103. The second-order valence-electron chi connectivity index (χ2n) is 11.0. The molecule has 2 aromatic carbocycles. The first kappa shape index (κ1) is 27.3. The van der Waals surface area contributed by atoms with Gasteiger partial charge in [-0.25, -0.2) is 4.98 Å². The Morgan fingerprint density at radius 2 is 1.76 bits per heavy atom. The third kappa shape index (κ3) is 5.95. The van der Waals surface area contributed by atoms with Crippen LogP contribution in [-0.4, -0.2) is 63.3 Å². The molecule has 0 saturated carbocycles. The molecule has 0 spiro atoms. The van der Waals surface area contributed by atoms with Gasteiger partial charge >= 0.3 is 0 Å². The molecule has 210 valence electrons. The highest BCUT2D eigenvalue weighted by Crippen LogP contribution is 2.32. The van der Waals surface area contributed by atoms with Gasteiger partial charge in [0.15, 0.2) is 11.6 Å². The lowest BCUT2D eigenvalue weighted by molar-refractivity contribution is 0.0992. The normalized spacial score (nSPS) is 14.5. The van der Waals surface area contributed by atoms with Crippen molar-refractivity contribution in [2.45, 2.75) is 26.8 Å². The van der Waals surface area contributed by atoms with Gasteiger partial charge in [-0.05, 0) is 78.9 Å². The number of hydrogen-bond donors (Lipinski definition) is 0. The zero-order valence-electron chi connectivity index (χ0n) is 24.1. The van der Waals surface area contributed by atoms with Crippen LogP contribution >= 0.6 is 11.3 Å². The molecule has 0 bridgehead atoms. The number of Topliss-reactive ketones (excluding diaryl/α,β-unsaturated/α-hetero) is 1. The van der Waals surface area contributed by atoms with Crippen molar-refractivity contribution in [1.82, 2.24) is 24.3 Å². The van der Waals surface area contributed by atoms with Crippen LogP contribution in [-0.2, 0) is 20.0 Å². The average molecular weight is 566 g/mol. The summed E-state index contributed by atoms with van der Waals surface area (Å²) in [4.78, 5) is 27.8. The summed E-state index contributed by atoms with van der Waals surface area (Å²) in [6, 6.07) is 16.0. The monoisotopic (exact) mass is 565 g/mol. The van der Waals surface area contributed by atoms with Crippen LogP contribution in [0.15, 0.2) is 65.5 Å². The number of aromatic nitrogens is 3. The number of likely N-dealkylation sites (N-methyl/N-ethyl adjacent to an activating group) is 1. The molecule has 7 nitrogen and oxygen atoms in total. The minimum atomic E-state index is 0.103. The average Bonchev–Trinajstić information content (AvgIpc) is 3.63. The molecule has 0 N–H and O–H groups in total. The number of fused-ring (bicyclic) bond motifs is 1. The van der Waals surface area contributed by atoms with Gasteiger partial charge in [0.1, 0.15) is 11.3 Å². The molecular weight excluding hydrogens is 530 g/mol. The number of thiophene rings is 1. The van der Waals surface area contributed by atoms with E-state index in [-0.39, 0.29) is 5.78 Å². The Hall–Kier alpha value is -3.85. The van der Waals surface area contributed by atoms with Gasteiger partial charge in [0.05, 0.1) is 5.52 Å². The fourth-order valence-electron chi connectivity index (χ4n) is 5.33. The fraction of sp³-hybridized carbons (Fsp3) is 0.303. The lowest BCUT2D eigenvalue weighted by Crippen LogP contribution is -2.43. The molecule has 41 heavy (non-hydrogen) atoms. The van der Waals surface area contributed by atoms with Gasteiger partial charge in [0, 0.05) is 68.9 Å². The molecule has 0 unspecified atom stereocenters. The van der Waals surface area contributed by atoms with Gasteiger partial charge in [-0.2, -0.15) is 16.3 Å². The summed E-state index contributed by atoms with van der Waals surface area (Å²) < 4.78 is 8.35. The second-order valence-corrected chi connectivity index (χ2v) is 11.8. The molecule has 0 aliphatic carbocycles. The van der Waals surface area contributed by atoms with Gasteiger partial charge in [-0.3, -0.25) is 9.69 Å². The van der Waals surface area contributed by atoms with Crippen molar-refractivity contribution in [2.24, 2.45) is 7.05 Å². The van der Waals surface area contributed by atoms with E-state index >= 15 is 0 Å². The molecule has 8 heteroatoms. The highest BCUT2D eigenvalue weighted by Gasteiger charge is 2.18. The van der Waals surface area contributed by atoms with Gasteiger partial charge in [-0.1, -0.05) is 18.2 Å². The molecule has 1 aliphatic heterocycles. The molecular formula is C33H35N5O2S. The summed E-state index contributed by atoms with van der Waals surface area (Å²) in [6.07, 6.45) is 2.27. The fourth-order valence-corrected chi connectivity index (χ4v) is 5.96. The van der Waals surface area contributed by atoms with Crippen LogP contribution in [0.2, 0.25) is 0 Å².